The predicted molar refractivity (Wildman–Crippen MR) is 104 cm³/mol. The van der Waals surface area contributed by atoms with Gasteiger partial charge in [-0.3, -0.25) is 0 Å². The molecule has 0 N–H and O–H groups in total. The molecule has 4 rings (SSSR count). The lowest BCUT2D eigenvalue weighted by Crippen LogP contribution is -2.25. The summed E-state index contributed by atoms with van der Waals surface area (Å²) in [5.41, 5.74) is 7.28. The van der Waals surface area contributed by atoms with Crippen molar-refractivity contribution >= 4 is 35.4 Å². The zero-order valence-corrected chi connectivity index (χ0v) is 15.5. The van der Waals surface area contributed by atoms with Gasteiger partial charge in [-0.15, -0.1) is 23.2 Å². The molecule has 2 unspecified atom stereocenters. The third kappa shape index (κ3) is 2.20. The van der Waals surface area contributed by atoms with Gasteiger partial charge >= 0.3 is 0 Å². The third-order valence-electron chi connectivity index (χ3n) is 5.58. The van der Waals surface area contributed by atoms with Crippen molar-refractivity contribution in [1.82, 2.24) is 0 Å². The summed E-state index contributed by atoms with van der Waals surface area (Å²) in [7, 11) is 0. The molecule has 0 amide bonds. The summed E-state index contributed by atoms with van der Waals surface area (Å²) in [5.74, 6) is 0. The number of allylic oxidation sites excluding steroid dienone is 2. The molecule has 0 aliphatic heterocycles. The summed E-state index contributed by atoms with van der Waals surface area (Å²) in [6.07, 6.45) is 6.04. The van der Waals surface area contributed by atoms with Crippen LogP contribution in [-0.2, 0) is 9.75 Å². The number of hydrogen-bond acceptors (Lipinski definition) is 0. The Bertz CT molecular complexity index is 804. The van der Waals surface area contributed by atoms with Gasteiger partial charge in [-0.05, 0) is 60.1 Å². The summed E-state index contributed by atoms with van der Waals surface area (Å²) in [5, 5.41) is 0. The lowest BCUT2D eigenvalue weighted by molar-refractivity contribution is 0.536. The summed E-state index contributed by atoms with van der Waals surface area (Å²) in [6, 6.07) is 16.8. The number of hydrogen-bond donors (Lipinski definition) is 0. The Morgan fingerprint density at radius 1 is 0.667 bits per heavy atom. The second-order valence-corrected chi connectivity index (χ2v) is 8.22. The fraction of sp³-hybridized carbons (Fsp3) is 0.273. The van der Waals surface area contributed by atoms with Crippen LogP contribution in [0.3, 0.4) is 0 Å². The molecule has 2 aliphatic carbocycles. The van der Waals surface area contributed by atoms with Crippen LogP contribution in [0.1, 0.15) is 48.9 Å². The van der Waals surface area contributed by atoms with E-state index in [2.05, 4.69) is 74.5 Å². The van der Waals surface area contributed by atoms with Gasteiger partial charge in [0.2, 0.25) is 0 Å². The van der Waals surface area contributed by atoms with E-state index >= 15 is 0 Å². The molecule has 2 aromatic carbocycles. The fourth-order valence-electron chi connectivity index (χ4n) is 4.10. The molecular weight excluding hydrogens is 335 g/mol. The van der Waals surface area contributed by atoms with Gasteiger partial charge in [-0.1, -0.05) is 60.7 Å². The maximum Gasteiger partial charge on any atom is 0.0911 e. The number of halogens is 2. The SMILES string of the molecule is CC1=Cc2ccccc2C1(Cl)CCC1(Cl)C(C)=Cc2ccccc21. The van der Waals surface area contributed by atoms with E-state index < -0.39 is 9.75 Å². The molecule has 122 valence electrons. The summed E-state index contributed by atoms with van der Waals surface area (Å²) in [4.78, 5) is -0.896. The van der Waals surface area contributed by atoms with Crippen LogP contribution in [0.25, 0.3) is 12.2 Å². The number of benzene rings is 2. The topological polar surface area (TPSA) is 0 Å². The Morgan fingerprint density at radius 2 is 1.04 bits per heavy atom. The largest absolute Gasteiger partial charge is 0.109 e. The van der Waals surface area contributed by atoms with Gasteiger partial charge in [-0.25, -0.2) is 0 Å². The smallest absolute Gasteiger partial charge is 0.0911 e. The van der Waals surface area contributed by atoms with E-state index in [1.807, 2.05) is 0 Å². The molecule has 0 heterocycles. The van der Waals surface area contributed by atoms with E-state index in [-0.39, 0.29) is 0 Å². The van der Waals surface area contributed by atoms with Crippen molar-refractivity contribution in [1.29, 1.82) is 0 Å². The van der Waals surface area contributed by atoms with Gasteiger partial charge < -0.3 is 0 Å². The summed E-state index contributed by atoms with van der Waals surface area (Å²) < 4.78 is 0. The maximum atomic E-state index is 7.12. The molecule has 0 radical (unpaired) electrons. The molecule has 0 saturated carbocycles. The fourth-order valence-corrected chi connectivity index (χ4v) is 4.74. The van der Waals surface area contributed by atoms with Gasteiger partial charge in [0.1, 0.15) is 0 Å². The zero-order valence-electron chi connectivity index (χ0n) is 13.9. The van der Waals surface area contributed by atoms with E-state index in [1.165, 1.54) is 33.4 Å². The number of alkyl halides is 2. The first kappa shape index (κ1) is 16.0. The van der Waals surface area contributed by atoms with Crippen molar-refractivity contribution in [3.63, 3.8) is 0 Å². The van der Waals surface area contributed by atoms with E-state index in [1.54, 1.807) is 0 Å². The van der Waals surface area contributed by atoms with Crippen LogP contribution in [0.5, 0.6) is 0 Å². The van der Waals surface area contributed by atoms with Crippen LogP contribution in [0, 0.1) is 0 Å². The third-order valence-corrected chi connectivity index (χ3v) is 6.96. The highest BCUT2D eigenvalue weighted by molar-refractivity contribution is 6.28. The van der Waals surface area contributed by atoms with Crippen molar-refractivity contribution in [2.45, 2.75) is 36.4 Å². The van der Waals surface area contributed by atoms with Crippen LogP contribution in [0.2, 0.25) is 0 Å². The lowest BCUT2D eigenvalue weighted by Gasteiger charge is -2.32. The van der Waals surface area contributed by atoms with Crippen LogP contribution in [0.15, 0.2) is 59.7 Å². The second-order valence-electron chi connectivity index (χ2n) is 6.93. The highest BCUT2D eigenvalue weighted by Crippen LogP contribution is 2.54. The van der Waals surface area contributed by atoms with Gasteiger partial charge in [0, 0.05) is 0 Å². The molecule has 0 saturated heterocycles. The summed E-state index contributed by atoms with van der Waals surface area (Å²) >= 11 is 14.2. The molecule has 2 heteroatoms. The normalized spacial score (nSPS) is 27.5. The molecule has 0 fully saturated rings. The average Bonchev–Trinajstić information content (AvgIpc) is 2.99. The van der Waals surface area contributed by atoms with Gasteiger partial charge in [-0.2, -0.15) is 0 Å². The van der Waals surface area contributed by atoms with Gasteiger partial charge in [0.15, 0.2) is 0 Å². The first-order valence-corrected chi connectivity index (χ1v) is 9.15. The maximum absolute atomic E-state index is 7.12. The number of fused-ring (bicyclic) bond motifs is 2. The first-order valence-electron chi connectivity index (χ1n) is 8.39. The lowest BCUT2D eigenvalue weighted by atomic mass is 9.83. The highest BCUT2D eigenvalue weighted by atomic mass is 35.5. The monoisotopic (exact) mass is 354 g/mol. The minimum Gasteiger partial charge on any atom is -0.109 e. The molecular formula is C22H20Cl2. The standard InChI is InChI=1S/C22H20Cl2/c1-15-13-17-7-3-5-9-19(17)21(15,23)11-12-22(24)16(2)14-18-8-4-6-10-20(18)22/h3-10,13-14H,11-12H2,1-2H3. The molecule has 0 spiro atoms. The van der Waals surface area contributed by atoms with Crippen molar-refractivity contribution in [2.24, 2.45) is 0 Å². The molecule has 0 aromatic heterocycles. The van der Waals surface area contributed by atoms with Crippen molar-refractivity contribution in [2.75, 3.05) is 0 Å². The Kier molecular flexibility index (Phi) is 3.67. The minimum atomic E-state index is -0.448. The van der Waals surface area contributed by atoms with Crippen LogP contribution in [0.4, 0.5) is 0 Å². The molecule has 2 atom stereocenters. The Balaban J connectivity index is 1.67. The highest BCUT2D eigenvalue weighted by Gasteiger charge is 2.43. The quantitative estimate of drug-likeness (QED) is 0.527. The van der Waals surface area contributed by atoms with Gasteiger partial charge in [0.25, 0.3) is 0 Å². The molecule has 2 aromatic rings. The minimum absolute atomic E-state index is 0.448. The van der Waals surface area contributed by atoms with E-state index in [0.29, 0.717) is 0 Å². The molecule has 24 heavy (non-hydrogen) atoms. The van der Waals surface area contributed by atoms with Crippen molar-refractivity contribution in [3.05, 3.63) is 81.9 Å². The van der Waals surface area contributed by atoms with Gasteiger partial charge in [0.05, 0.1) is 9.75 Å². The second kappa shape index (κ2) is 5.51. The van der Waals surface area contributed by atoms with Crippen molar-refractivity contribution < 1.29 is 0 Å². The Morgan fingerprint density at radius 3 is 1.46 bits per heavy atom. The van der Waals surface area contributed by atoms with Crippen LogP contribution in [-0.4, -0.2) is 0 Å². The molecule has 2 aliphatic rings. The Hall–Kier alpha value is -1.50. The van der Waals surface area contributed by atoms with Crippen molar-refractivity contribution in [3.8, 4) is 0 Å². The van der Waals surface area contributed by atoms with E-state index in [9.17, 15) is 0 Å². The zero-order chi connectivity index (χ0) is 16.9. The first-order chi connectivity index (χ1) is 11.4. The van der Waals surface area contributed by atoms with Crippen LogP contribution >= 0.6 is 23.2 Å². The predicted octanol–water partition coefficient (Wildman–Crippen LogP) is 6.87. The average molecular weight is 355 g/mol. The van der Waals surface area contributed by atoms with E-state index in [4.69, 9.17) is 23.2 Å². The summed E-state index contributed by atoms with van der Waals surface area (Å²) in [6.45, 7) is 4.25. The van der Waals surface area contributed by atoms with E-state index in [0.717, 1.165) is 12.8 Å². The number of rotatable bonds is 3. The molecule has 0 bridgehead atoms. The van der Waals surface area contributed by atoms with Crippen LogP contribution < -0.4 is 0 Å². The molecule has 0 nitrogen and oxygen atoms in total. The Labute approximate surface area is 153 Å².